The molecule has 4 heterocycles. The van der Waals surface area contributed by atoms with E-state index in [2.05, 4.69) is 137 Å². The molecule has 5 nitrogen and oxygen atoms in total. The molecule has 12 rings (SSSR count). The quantitative estimate of drug-likeness (QED) is 0.160. The molecule has 6 heteroatoms. The predicted molar refractivity (Wildman–Crippen MR) is 256 cm³/mol. The van der Waals surface area contributed by atoms with Crippen molar-refractivity contribution < 1.29 is 4.42 Å². The van der Waals surface area contributed by atoms with Crippen LogP contribution < -0.4 is 0 Å². The van der Waals surface area contributed by atoms with Gasteiger partial charge in [0, 0.05) is 76.7 Å². The fourth-order valence-electron chi connectivity index (χ4n) is 8.52. The lowest BCUT2D eigenvalue weighted by atomic mass is 9.93. The topological polar surface area (TPSA) is 64.7 Å². The highest BCUT2D eigenvalue weighted by atomic mass is 32.1. The number of furan rings is 1. The maximum atomic E-state index is 6.71. The van der Waals surface area contributed by atoms with Gasteiger partial charge in [-0.25, -0.2) is 19.9 Å². The van der Waals surface area contributed by atoms with Crippen LogP contribution in [0.25, 0.3) is 121 Å². The zero-order valence-corrected chi connectivity index (χ0v) is 34.1. The molecule has 0 aliphatic rings. The summed E-state index contributed by atoms with van der Waals surface area (Å²) in [4.78, 5) is 19.6. The summed E-state index contributed by atoms with van der Waals surface area (Å²) in [6, 6.07) is 67.6. The van der Waals surface area contributed by atoms with Gasteiger partial charge in [0.05, 0.1) is 11.4 Å². The Bertz CT molecular complexity index is 3600. The van der Waals surface area contributed by atoms with Gasteiger partial charge in [0.2, 0.25) is 0 Å². The number of fused-ring (bicyclic) bond motifs is 6. The Labute approximate surface area is 361 Å². The van der Waals surface area contributed by atoms with Crippen LogP contribution in [0.15, 0.2) is 211 Å². The highest BCUT2D eigenvalue weighted by molar-refractivity contribution is 7.25. The summed E-state index contributed by atoms with van der Waals surface area (Å²) < 4.78 is 9.28. The second-order valence-electron chi connectivity index (χ2n) is 15.4. The zero-order chi connectivity index (χ0) is 41.0. The number of thiophene rings is 1. The van der Waals surface area contributed by atoms with Crippen molar-refractivity contribution in [2.45, 2.75) is 0 Å². The van der Waals surface area contributed by atoms with Crippen molar-refractivity contribution in [2.24, 2.45) is 0 Å². The lowest BCUT2D eigenvalue weighted by Crippen LogP contribution is -1.96. The minimum Gasteiger partial charge on any atom is -0.455 e. The van der Waals surface area contributed by atoms with Crippen LogP contribution in [-0.2, 0) is 0 Å². The molecule has 0 saturated carbocycles. The van der Waals surface area contributed by atoms with Crippen molar-refractivity contribution in [3.8, 4) is 78.7 Å². The number of para-hydroxylation sites is 1. The fraction of sp³-hybridized carbons (Fsp3) is 0. The fourth-order valence-corrected chi connectivity index (χ4v) is 9.66. The Balaban J connectivity index is 0.906. The second-order valence-corrected chi connectivity index (χ2v) is 16.5. The highest BCUT2D eigenvalue weighted by Crippen LogP contribution is 2.44. The number of benzene rings is 8. The van der Waals surface area contributed by atoms with E-state index < -0.39 is 0 Å². The van der Waals surface area contributed by atoms with E-state index in [1.165, 1.54) is 20.2 Å². The molecule has 0 fully saturated rings. The van der Waals surface area contributed by atoms with Crippen LogP contribution in [0.3, 0.4) is 0 Å². The smallest absolute Gasteiger partial charge is 0.160 e. The molecule has 290 valence electrons. The Hall–Kier alpha value is -8.06. The van der Waals surface area contributed by atoms with E-state index in [4.69, 9.17) is 14.4 Å². The lowest BCUT2D eigenvalue weighted by Gasteiger charge is -2.11. The number of hydrogen-bond acceptors (Lipinski definition) is 6. The summed E-state index contributed by atoms with van der Waals surface area (Å²) >= 11 is 1.83. The first-order chi connectivity index (χ1) is 30.7. The Morgan fingerprint density at radius 2 is 0.903 bits per heavy atom. The van der Waals surface area contributed by atoms with Gasteiger partial charge >= 0.3 is 0 Å². The van der Waals surface area contributed by atoms with E-state index in [-0.39, 0.29) is 0 Å². The molecule has 4 aromatic heterocycles. The molecule has 0 spiro atoms. The largest absolute Gasteiger partial charge is 0.455 e. The molecule has 0 aliphatic heterocycles. The molecular weight excluding hydrogens is 777 g/mol. The Morgan fingerprint density at radius 1 is 0.355 bits per heavy atom. The number of aromatic nitrogens is 4. The third kappa shape index (κ3) is 6.33. The molecule has 12 aromatic rings. The molecule has 0 saturated heterocycles. The second kappa shape index (κ2) is 14.9. The van der Waals surface area contributed by atoms with Crippen LogP contribution in [0.5, 0.6) is 0 Å². The molecule has 0 radical (unpaired) electrons. The third-order valence-corrected chi connectivity index (χ3v) is 12.8. The minimum absolute atomic E-state index is 0.647. The summed E-state index contributed by atoms with van der Waals surface area (Å²) in [5.74, 6) is 1.31. The summed E-state index contributed by atoms with van der Waals surface area (Å²) in [5, 5.41) is 4.79. The van der Waals surface area contributed by atoms with E-state index in [9.17, 15) is 0 Å². The maximum absolute atomic E-state index is 6.71. The Morgan fingerprint density at radius 3 is 1.65 bits per heavy atom. The van der Waals surface area contributed by atoms with Gasteiger partial charge in [0.15, 0.2) is 11.6 Å². The molecule has 0 N–H and O–H groups in total. The predicted octanol–water partition coefficient (Wildman–Crippen LogP) is 15.2. The summed E-state index contributed by atoms with van der Waals surface area (Å²) in [5.41, 5.74) is 13.8. The zero-order valence-electron chi connectivity index (χ0n) is 33.2. The molecule has 8 aromatic carbocycles. The number of nitrogens with zero attached hydrogens (tertiary/aromatic N) is 4. The molecule has 0 bridgehead atoms. The van der Waals surface area contributed by atoms with Crippen molar-refractivity contribution in [1.29, 1.82) is 0 Å². The van der Waals surface area contributed by atoms with Crippen LogP contribution in [0.2, 0.25) is 0 Å². The first kappa shape index (κ1) is 35.8. The van der Waals surface area contributed by atoms with Crippen molar-refractivity contribution in [1.82, 2.24) is 19.9 Å². The van der Waals surface area contributed by atoms with E-state index in [0.29, 0.717) is 11.6 Å². The maximum Gasteiger partial charge on any atom is 0.160 e. The average Bonchev–Trinajstić information content (AvgIpc) is 3.93. The monoisotopic (exact) mass is 810 g/mol. The van der Waals surface area contributed by atoms with Crippen LogP contribution in [0.4, 0.5) is 0 Å². The standard InChI is InChI=1S/C56H34N4OS/c1-3-11-35(12-4-1)42-33-57-55(58-34-42)39-23-25-40(26-24-39)56-59-48(37-13-5-2-6-14-37)32-49(60-56)38-21-19-36(20-22-38)43-29-30-44(54-53(43)47-16-7-9-17-50(47)61-54)41-27-28-46-45-15-8-10-18-51(45)62-52(46)31-41/h1-34H. The van der Waals surface area contributed by atoms with E-state index >= 15 is 0 Å². The summed E-state index contributed by atoms with van der Waals surface area (Å²) in [7, 11) is 0. The van der Waals surface area contributed by atoms with Crippen molar-refractivity contribution in [3.05, 3.63) is 207 Å². The van der Waals surface area contributed by atoms with Gasteiger partial charge in [-0.2, -0.15) is 0 Å². The van der Waals surface area contributed by atoms with Gasteiger partial charge < -0.3 is 4.42 Å². The highest BCUT2D eigenvalue weighted by Gasteiger charge is 2.19. The molecule has 0 aliphatic carbocycles. The average molecular weight is 811 g/mol. The van der Waals surface area contributed by atoms with Gasteiger partial charge in [-0.3, -0.25) is 0 Å². The van der Waals surface area contributed by atoms with Gasteiger partial charge in [-0.05, 0) is 52.6 Å². The molecule has 0 unspecified atom stereocenters. The van der Waals surface area contributed by atoms with E-state index in [0.717, 1.165) is 89.0 Å². The number of hydrogen-bond donors (Lipinski definition) is 0. The number of rotatable bonds is 7. The SMILES string of the molecule is c1ccc(-c2cnc(-c3ccc(-c4nc(-c5ccccc5)cc(-c5ccc(-c6ccc(-c7ccc8c(c7)sc7ccccc78)c7oc8ccccc8c67)cc5)n4)cc3)nc2)cc1. The van der Waals surface area contributed by atoms with Crippen LogP contribution in [-0.4, -0.2) is 19.9 Å². The van der Waals surface area contributed by atoms with Crippen molar-refractivity contribution in [2.75, 3.05) is 0 Å². The Kier molecular flexibility index (Phi) is 8.61. The van der Waals surface area contributed by atoms with Crippen LogP contribution in [0.1, 0.15) is 0 Å². The first-order valence-electron chi connectivity index (χ1n) is 20.6. The van der Waals surface area contributed by atoms with Gasteiger partial charge in [0.1, 0.15) is 11.2 Å². The summed E-state index contributed by atoms with van der Waals surface area (Å²) in [6.07, 6.45) is 3.75. The van der Waals surface area contributed by atoms with Gasteiger partial charge in [0.25, 0.3) is 0 Å². The molecular formula is C56H34N4OS. The van der Waals surface area contributed by atoms with Gasteiger partial charge in [-0.1, -0.05) is 164 Å². The first-order valence-corrected chi connectivity index (χ1v) is 21.4. The van der Waals surface area contributed by atoms with E-state index in [1.807, 2.05) is 90.5 Å². The van der Waals surface area contributed by atoms with Crippen LogP contribution >= 0.6 is 11.3 Å². The van der Waals surface area contributed by atoms with E-state index in [1.54, 1.807) is 0 Å². The summed E-state index contributed by atoms with van der Waals surface area (Å²) in [6.45, 7) is 0. The molecule has 0 amide bonds. The normalized spacial score (nSPS) is 11.5. The van der Waals surface area contributed by atoms with Crippen molar-refractivity contribution >= 4 is 53.4 Å². The third-order valence-electron chi connectivity index (χ3n) is 11.7. The lowest BCUT2D eigenvalue weighted by molar-refractivity contribution is 0.670. The van der Waals surface area contributed by atoms with Crippen molar-refractivity contribution in [3.63, 3.8) is 0 Å². The van der Waals surface area contributed by atoms with Gasteiger partial charge in [-0.15, -0.1) is 11.3 Å². The molecule has 62 heavy (non-hydrogen) atoms. The molecule has 0 atom stereocenters. The van der Waals surface area contributed by atoms with Crippen LogP contribution in [0, 0.1) is 0 Å². The minimum atomic E-state index is 0.647.